The zero-order valence-electron chi connectivity index (χ0n) is 13.0. The first-order chi connectivity index (χ1) is 9.71. The average molecular weight is 313 g/mol. The highest BCUT2D eigenvalue weighted by Gasteiger charge is 2.27. The number of carbonyl (C=O) groups excluding carboxylic acids is 1. The Bertz CT molecular complexity index is 610. The second-order valence-electron chi connectivity index (χ2n) is 5.30. The van der Waals surface area contributed by atoms with Crippen LogP contribution in [0.3, 0.4) is 0 Å². The first kappa shape index (κ1) is 17.7. The Morgan fingerprint density at radius 2 is 2.00 bits per heavy atom. The molecule has 1 amide bonds. The number of aryl methyl sites for hydroxylation is 2. The van der Waals surface area contributed by atoms with Crippen molar-refractivity contribution in [3.05, 3.63) is 29.3 Å². The van der Waals surface area contributed by atoms with Crippen LogP contribution in [0.2, 0.25) is 0 Å². The molecule has 118 valence electrons. The predicted octanol–water partition coefficient (Wildman–Crippen LogP) is 1.32. The highest BCUT2D eigenvalue weighted by molar-refractivity contribution is 7.91. The normalized spacial score (nSPS) is 13.0. The van der Waals surface area contributed by atoms with Gasteiger partial charge in [0, 0.05) is 6.26 Å². The Kier molecular flexibility index (Phi) is 5.92. The summed E-state index contributed by atoms with van der Waals surface area (Å²) < 4.78 is 22.8. The summed E-state index contributed by atoms with van der Waals surface area (Å²) in [5.41, 5.74) is 2.55. The first-order valence-corrected chi connectivity index (χ1v) is 8.96. The molecule has 0 heterocycles. The fraction of sp³-hybridized carbons (Fsp3) is 0.533. The monoisotopic (exact) mass is 313 g/mol. The van der Waals surface area contributed by atoms with Gasteiger partial charge in [0.2, 0.25) is 5.91 Å². The number of hydrogen-bond acceptors (Lipinski definition) is 4. The summed E-state index contributed by atoms with van der Waals surface area (Å²) in [5.74, 6) is -1.07. The van der Waals surface area contributed by atoms with Gasteiger partial charge in [-0.1, -0.05) is 25.1 Å². The van der Waals surface area contributed by atoms with Crippen molar-refractivity contribution in [3.63, 3.8) is 0 Å². The number of para-hydroxylation sites is 1. The third-order valence-corrected chi connectivity index (χ3v) is 4.07. The number of carbonyl (C=O) groups is 1. The van der Waals surface area contributed by atoms with Crippen LogP contribution in [-0.4, -0.2) is 44.1 Å². The fourth-order valence-corrected chi connectivity index (χ4v) is 2.90. The van der Waals surface area contributed by atoms with Crippen molar-refractivity contribution >= 4 is 21.4 Å². The van der Waals surface area contributed by atoms with E-state index in [9.17, 15) is 18.3 Å². The van der Waals surface area contributed by atoms with E-state index in [1.807, 2.05) is 32.0 Å². The second-order valence-corrected chi connectivity index (χ2v) is 7.44. The lowest BCUT2D eigenvalue weighted by Crippen LogP contribution is -2.44. The van der Waals surface area contributed by atoms with Crippen LogP contribution in [0.4, 0.5) is 5.69 Å². The molecule has 6 heteroatoms. The van der Waals surface area contributed by atoms with E-state index in [1.54, 1.807) is 6.92 Å². The Morgan fingerprint density at radius 1 is 1.38 bits per heavy atom. The molecule has 0 unspecified atom stereocenters. The van der Waals surface area contributed by atoms with E-state index >= 15 is 0 Å². The summed E-state index contributed by atoms with van der Waals surface area (Å²) >= 11 is 0. The number of rotatable bonds is 6. The van der Waals surface area contributed by atoms with Crippen molar-refractivity contribution in [3.8, 4) is 0 Å². The second kappa shape index (κ2) is 7.04. The van der Waals surface area contributed by atoms with E-state index in [4.69, 9.17) is 0 Å². The van der Waals surface area contributed by atoms with Gasteiger partial charge in [0.15, 0.2) is 9.84 Å². The lowest BCUT2D eigenvalue weighted by atomic mass is 10.0. The fourth-order valence-electron chi connectivity index (χ4n) is 2.32. The van der Waals surface area contributed by atoms with Crippen LogP contribution in [0, 0.1) is 6.92 Å². The van der Waals surface area contributed by atoms with E-state index in [-0.39, 0.29) is 6.61 Å². The van der Waals surface area contributed by atoms with Crippen molar-refractivity contribution in [2.75, 3.05) is 23.5 Å². The van der Waals surface area contributed by atoms with Gasteiger partial charge in [-0.25, -0.2) is 8.42 Å². The quantitative estimate of drug-likeness (QED) is 0.859. The minimum Gasteiger partial charge on any atom is -0.394 e. The van der Waals surface area contributed by atoms with E-state index < -0.39 is 27.5 Å². The number of nitrogens with zero attached hydrogens (tertiary/aromatic N) is 1. The molecule has 0 aliphatic carbocycles. The molecule has 1 rings (SSSR count). The van der Waals surface area contributed by atoms with Gasteiger partial charge in [-0.05, 0) is 31.4 Å². The third kappa shape index (κ3) is 4.54. The number of aliphatic hydroxyl groups excluding tert-OH is 1. The van der Waals surface area contributed by atoms with Gasteiger partial charge in [-0.2, -0.15) is 0 Å². The predicted molar refractivity (Wildman–Crippen MR) is 84.3 cm³/mol. The van der Waals surface area contributed by atoms with Crippen molar-refractivity contribution in [2.45, 2.75) is 33.2 Å². The van der Waals surface area contributed by atoms with Crippen LogP contribution < -0.4 is 4.90 Å². The number of anilines is 1. The summed E-state index contributed by atoms with van der Waals surface area (Å²) in [4.78, 5) is 13.8. The van der Waals surface area contributed by atoms with Crippen molar-refractivity contribution in [2.24, 2.45) is 0 Å². The van der Waals surface area contributed by atoms with Crippen molar-refractivity contribution in [1.29, 1.82) is 0 Å². The van der Waals surface area contributed by atoms with Gasteiger partial charge in [-0.15, -0.1) is 0 Å². The number of sulfone groups is 1. The lowest BCUT2D eigenvalue weighted by molar-refractivity contribution is -0.116. The Balaban J connectivity index is 3.36. The summed E-state index contributed by atoms with van der Waals surface area (Å²) in [5, 5.41) is 9.42. The number of benzene rings is 1. The summed E-state index contributed by atoms with van der Waals surface area (Å²) in [6, 6.07) is 5.21. The van der Waals surface area contributed by atoms with E-state index in [0.29, 0.717) is 5.69 Å². The zero-order chi connectivity index (χ0) is 16.2. The Morgan fingerprint density at radius 3 is 2.48 bits per heavy atom. The number of amides is 1. The van der Waals surface area contributed by atoms with Crippen LogP contribution in [-0.2, 0) is 21.1 Å². The van der Waals surface area contributed by atoms with Crippen LogP contribution in [0.5, 0.6) is 0 Å². The molecule has 1 atom stereocenters. The maximum absolute atomic E-state index is 12.4. The molecule has 0 aliphatic rings. The van der Waals surface area contributed by atoms with Crippen molar-refractivity contribution in [1.82, 2.24) is 0 Å². The molecule has 0 fully saturated rings. The third-order valence-electron chi connectivity index (χ3n) is 3.30. The minimum absolute atomic E-state index is 0.229. The number of hydrogen-bond donors (Lipinski definition) is 1. The lowest BCUT2D eigenvalue weighted by Gasteiger charge is -2.31. The number of aliphatic hydroxyl groups is 1. The molecule has 1 aromatic carbocycles. The highest BCUT2D eigenvalue weighted by atomic mass is 32.2. The van der Waals surface area contributed by atoms with Crippen LogP contribution >= 0.6 is 0 Å². The Hall–Kier alpha value is -1.40. The molecule has 0 radical (unpaired) electrons. The van der Waals surface area contributed by atoms with Gasteiger partial charge in [-0.3, -0.25) is 4.79 Å². The van der Waals surface area contributed by atoms with Gasteiger partial charge in [0.1, 0.15) is 5.75 Å². The SMILES string of the molecule is CCc1cccc(C)c1N(C(=O)CS(C)(=O)=O)[C@@H](C)CO. The molecule has 0 saturated heterocycles. The van der Waals surface area contributed by atoms with Crippen LogP contribution in [0.1, 0.15) is 25.0 Å². The molecule has 0 spiro atoms. The topological polar surface area (TPSA) is 74.7 Å². The van der Waals surface area contributed by atoms with E-state index in [1.165, 1.54) is 4.90 Å². The van der Waals surface area contributed by atoms with Gasteiger partial charge >= 0.3 is 0 Å². The van der Waals surface area contributed by atoms with Gasteiger partial charge < -0.3 is 10.0 Å². The molecule has 5 nitrogen and oxygen atoms in total. The Labute approximate surface area is 126 Å². The maximum atomic E-state index is 12.4. The molecule has 1 aromatic rings. The van der Waals surface area contributed by atoms with E-state index in [2.05, 4.69) is 0 Å². The summed E-state index contributed by atoms with van der Waals surface area (Å²) in [6.45, 7) is 5.32. The zero-order valence-corrected chi connectivity index (χ0v) is 13.8. The molecule has 21 heavy (non-hydrogen) atoms. The average Bonchev–Trinajstić information content (AvgIpc) is 2.38. The standard InChI is InChI=1S/C15H23NO4S/c1-5-13-8-6-7-11(2)15(13)16(12(3)9-17)14(18)10-21(4,19)20/h6-8,12,17H,5,9-10H2,1-4H3/t12-/m0/s1. The maximum Gasteiger partial charge on any atom is 0.242 e. The molecular weight excluding hydrogens is 290 g/mol. The molecule has 0 saturated carbocycles. The van der Waals surface area contributed by atoms with Crippen molar-refractivity contribution < 1.29 is 18.3 Å². The highest BCUT2D eigenvalue weighted by Crippen LogP contribution is 2.28. The van der Waals surface area contributed by atoms with Gasteiger partial charge in [0.25, 0.3) is 0 Å². The minimum atomic E-state index is -3.42. The summed E-state index contributed by atoms with van der Waals surface area (Å²) in [7, 11) is -3.42. The van der Waals surface area contributed by atoms with Crippen LogP contribution in [0.15, 0.2) is 18.2 Å². The molecule has 0 aromatic heterocycles. The van der Waals surface area contributed by atoms with Crippen LogP contribution in [0.25, 0.3) is 0 Å². The smallest absolute Gasteiger partial charge is 0.242 e. The largest absolute Gasteiger partial charge is 0.394 e. The van der Waals surface area contributed by atoms with Gasteiger partial charge in [0.05, 0.1) is 18.3 Å². The first-order valence-electron chi connectivity index (χ1n) is 6.90. The molecule has 1 N–H and O–H groups in total. The molecular formula is C15H23NO4S. The van der Waals surface area contributed by atoms with E-state index in [0.717, 1.165) is 23.8 Å². The molecule has 0 aliphatic heterocycles. The molecule has 0 bridgehead atoms. The summed E-state index contributed by atoms with van der Waals surface area (Å²) in [6.07, 6.45) is 1.75.